The molecule has 0 aromatic heterocycles. The molecule has 2 unspecified atom stereocenters. The van der Waals surface area contributed by atoms with Crippen LogP contribution in [0.15, 0.2) is 25.3 Å². The van der Waals surface area contributed by atoms with E-state index in [1.54, 1.807) is 17.1 Å². The van der Waals surface area contributed by atoms with E-state index in [9.17, 15) is 19.5 Å². The number of likely N-dealkylation sites (tertiary alicyclic amines) is 1. The second kappa shape index (κ2) is 12.3. The Kier molecular flexibility index (Phi) is 9.35. The number of allylic oxidation sites excluding steroid dienone is 1. The highest BCUT2D eigenvalue weighted by Crippen LogP contribution is 2.59. The van der Waals surface area contributed by atoms with Crippen LogP contribution in [-0.4, -0.2) is 82.3 Å². The highest BCUT2D eigenvalue weighted by molar-refractivity contribution is 5.98. The van der Waals surface area contributed by atoms with Crippen molar-refractivity contribution in [3.63, 3.8) is 0 Å². The van der Waals surface area contributed by atoms with Crippen LogP contribution in [-0.2, 0) is 23.9 Å². The normalized spacial score (nSPS) is 32.1. The third-order valence-corrected chi connectivity index (χ3v) is 9.51. The van der Waals surface area contributed by atoms with Crippen LogP contribution in [0.1, 0.15) is 78.1 Å². The number of hydrogen-bond acceptors (Lipinski definition) is 6. The molecule has 3 aliphatic heterocycles. The second-order valence-corrected chi connectivity index (χ2v) is 11.6. The maximum atomic E-state index is 14.6. The molecule has 4 aliphatic rings. The average molecular weight is 531 g/mol. The molecule has 0 aromatic rings. The number of amides is 2. The molecule has 7 atom stereocenters. The first-order chi connectivity index (χ1) is 18.4. The number of nitrogens with zero attached hydrogens (tertiary/aromatic N) is 2. The van der Waals surface area contributed by atoms with Crippen molar-refractivity contribution in [1.29, 1.82) is 0 Å². The van der Waals surface area contributed by atoms with Gasteiger partial charge in [-0.1, -0.05) is 51.7 Å². The summed E-state index contributed by atoms with van der Waals surface area (Å²) in [6.07, 6.45) is 11.5. The molecule has 4 fully saturated rings. The van der Waals surface area contributed by atoms with Crippen LogP contribution < -0.4 is 0 Å². The monoisotopic (exact) mass is 530 g/mol. The van der Waals surface area contributed by atoms with Gasteiger partial charge < -0.3 is 24.4 Å². The van der Waals surface area contributed by atoms with E-state index in [1.165, 1.54) is 0 Å². The van der Waals surface area contributed by atoms with Crippen LogP contribution >= 0.6 is 0 Å². The summed E-state index contributed by atoms with van der Waals surface area (Å²) in [5, 5.41) is 10.5. The zero-order chi connectivity index (χ0) is 27.4. The van der Waals surface area contributed by atoms with Gasteiger partial charge in [0.05, 0.1) is 37.2 Å². The first kappa shape index (κ1) is 28.8. The summed E-state index contributed by atoms with van der Waals surface area (Å²) in [5.74, 6) is -2.38. The number of ether oxygens (including phenoxy) is 2. The predicted molar refractivity (Wildman–Crippen MR) is 144 cm³/mol. The summed E-state index contributed by atoms with van der Waals surface area (Å²) in [4.78, 5) is 45.7. The van der Waals surface area contributed by atoms with Crippen molar-refractivity contribution in [2.24, 2.45) is 17.8 Å². The second-order valence-electron chi connectivity index (χ2n) is 11.6. The summed E-state index contributed by atoms with van der Waals surface area (Å²) in [6, 6.07) is -1.33. The molecule has 1 saturated carbocycles. The van der Waals surface area contributed by atoms with Crippen LogP contribution in [0, 0.1) is 17.8 Å². The van der Waals surface area contributed by atoms with Gasteiger partial charge in [-0.2, -0.15) is 0 Å². The summed E-state index contributed by atoms with van der Waals surface area (Å²) in [5.41, 5.74) is -1.08. The minimum Gasteiger partial charge on any atom is -0.465 e. The summed E-state index contributed by atoms with van der Waals surface area (Å²) < 4.78 is 12.2. The SMILES string of the molecule is C=CCCCOC(=O)[C@@H]1[C@H]2C(=O)N([C@@H](CO)[C@@H](C)CC)C(C(=O)N(CC=C)C3CCCCC3)C23CC[C@H]1O3. The fourth-order valence-electron chi connectivity index (χ4n) is 7.41. The molecule has 1 N–H and O–H groups in total. The molecule has 8 heteroatoms. The number of esters is 1. The molecular weight excluding hydrogens is 484 g/mol. The van der Waals surface area contributed by atoms with E-state index >= 15 is 0 Å². The number of carbonyl (C=O) groups excluding carboxylic acids is 3. The Morgan fingerprint density at radius 3 is 2.61 bits per heavy atom. The highest BCUT2D eigenvalue weighted by Gasteiger charge is 2.76. The summed E-state index contributed by atoms with van der Waals surface area (Å²) in [6.45, 7) is 12.0. The first-order valence-corrected chi connectivity index (χ1v) is 14.7. The standard InChI is InChI=1S/C30H46N2O6/c1-5-8-12-18-37-29(36)24-23-15-16-30(38-23)25(24)27(34)32(22(19-33)20(4)7-3)26(30)28(35)31(17-6-2)21-13-10-9-11-14-21/h5-6,20-26,33H,1-2,7-19H2,3-4H3/t20-,22-,23+,24-,25-,26?,30?/m0/s1. The smallest absolute Gasteiger partial charge is 0.312 e. The number of aliphatic hydroxyl groups excluding tert-OH is 1. The Labute approximate surface area is 227 Å². The predicted octanol–water partition coefficient (Wildman–Crippen LogP) is 3.62. The van der Waals surface area contributed by atoms with Crippen molar-refractivity contribution < 1.29 is 29.0 Å². The quantitative estimate of drug-likeness (QED) is 0.222. The lowest BCUT2D eigenvalue weighted by atomic mass is 9.70. The van der Waals surface area contributed by atoms with Crippen LogP contribution in [0.3, 0.4) is 0 Å². The molecule has 1 spiro atoms. The van der Waals surface area contributed by atoms with E-state index in [1.807, 2.05) is 18.7 Å². The van der Waals surface area contributed by atoms with E-state index in [2.05, 4.69) is 13.2 Å². The van der Waals surface area contributed by atoms with E-state index in [0.29, 0.717) is 25.8 Å². The molecule has 212 valence electrons. The van der Waals surface area contributed by atoms with Gasteiger partial charge >= 0.3 is 5.97 Å². The van der Waals surface area contributed by atoms with Crippen molar-refractivity contribution in [2.75, 3.05) is 19.8 Å². The lowest BCUT2D eigenvalue weighted by Gasteiger charge is -2.43. The van der Waals surface area contributed by atoms with Crippen LogP contribution in [0.25, 0.3) is 0 Å². The zero-order valence-electron chi connectivity index (χ0n) is 23.2. The van der Waals surface area contributed by atoms with Gasteiger partial charge in [0.2, 0.25) is 11.8 Å². The Bertz CT molecular complexity index is 901. The van der Waals surface area contributed by atoms with Crippen molar-refractivity contribution in [1.82, 2.24) is 9.80 Å². The van der Waals surface area contributed by atoms with E-state index in [0.717, 1.165) is 44.9 Å². The topological polar surface area (TPSA) is 96.4 Å². The Morgan fingerprint density at radius 2 is 1.97 bits per heavy atom. The minimum absolute atomic E-state index is 0.0292. The molecule has 0 radical (unpaired) electrons. The first-order valence-electron chi connectivity index (χ1n) is 14.7. The molecule has 1 aliphatic carbocycles. The van der Waals surface area contributed by atoms with Gasteiger partial charge in [0, 0.05) is 12.6 Å². The van der Waals surface area contributed by atoms with E-state index in [-0.39, 0.29) is 37.0 Å². The van der Waals surface area contributed by atoms with Crippen LogP contribution in [0.4, 0.5) is 0 Å². The van der Waals surface area contributed by atoms with Gasteiger partial charge in [-0.15, -0.1) is 13.2 Å². The molecule has 8 nitrogen and oxygen atoms in total. The molecule has 0 aromatic carbocycles. The lowest BCUT2D eigenvalue weighted by molar-refractivity contribution is -0.158. The number of aliphatic hydroxyl groups is 1. The molecule has 2 amide bonds. The van der Waals surface area contributed by atoms with Crippen molar-refractivity contribution >= 4 is 17.8 Å². The molecule has 4 rings (SSSR count). The lowest BCUT2D eigenvalue weighted by Crippen LogP contribution is -2.61. The number of carbonyl (C=O) groups is 3. The number of fused-ring (bicyclic) bond motifs is 1. The Balaban J connectivity index is 1.72. The molecular formula is C30H46N2O6. The maximum absolute atomic E-state index is 14.6. The summed E-state index contributed by atoms with van der Waals surface area (Å²) >= 11 is 0. The van der Waals surface area contributed by atoms with Crippen molar-refractivity contribution in [3.05, 3.63) is 25.3 Å². The maximum Gasteiger partial charge on any atom is 0.312 e. The third kappa shape index (κ3) is 4.94. The number of unbranched alkanes of at least 4 members (excludes halogenated alkanes) is 1. The molecule has 2 bridgehead atoms. The molecule has 3 heterocycles. The molecule has 38 heavy (non-hydrogen) atoms. The fourth-order valence-corrected chi connectivity index (χ4v) is 7.41. The van der Waals surface area contributed by atoms with Gasteiger partial charge in [-0.05, 0) is 44.4 Å². The van der Waals surface area contributed by atoms with Gasteiger partial charge in [0.1, 0.15) is 11.6 Å². The van der Waals surface area contributed by atoms with E-state index in [4.69, 9.17) is 9.47 Å². The number of hydrogen-bond donors (Lipinski definition) is 1. The highest BCUT2D eigenvalue weighted by atomic mass is 16.6. The van der Waals surface area contributed by atoms with E-state index < -0.39 is 41.6 Å². The third-order valence-electron chi connectivity index (χ3n) is 9.51. The number of rotatable bonds is 13. The van der Waals surface area contributed by atoms with Gasteiger partial charge in [0.15, 0.2) is 0 Å². The Hall–Kier alpha value is -2.19. The zero-order valence-corrected chi connectivity index (χ0v) is 23.2. The van der Waals surface area contributed by atoms with Gasteiger partial charge in [0.25, 0.3) is 0 Å². The fraction of sp³-hybridized carbons (Fsp3) is 0.767. The molecule has 3 saturated heterocycles. The average Bonchev–Trinajstić information content (AvgIpc) is 3.58. The van der Waals surface area contributed by atoms with Gasteiger partial charge in [-0.3, -0.25) is 14.4 Å². The van der Waals surface area contributed by atoms with Gasteiger partial charge in [-0.25, -0.2) is 0 Å². The largest absolute Gasteiger partial charge is 0.465 e. The van der Waals surface area contributed by atoms with Crippen molar-refractivity contribution in [2.45, 2.75) is 108 Å². The van der Waals surface area contributed by atoms with Crippen molar-refractivity contribution in [3.8, 4) is 0 Å². The Morgan fingerprint density at radius 1 is 1.24 bits per heavy atom. The minimum atomic E-state index is -1.08. The summed E-state index contributed by atoms with van der Waals surface area (Å²) in [7, 11) is 0. The van der Waals surface area contributed by atoms with Crippen LogP contribution in [0.5, 0.6) is 0 Å². The van der Waals surface area contributed by atoms with Crippen LogP contribution in [0.2, 0.25) is 0 Å².